The van der Waals surface area contributed by atoms with E-state index in [1.54, 1.807) is 12.1 Å². The summed E-state index contributed by atoms with van der Waals surface area (Å²) in [4.78, 5) is 2.24. The number of fused-ring (bicyclic) bond motifs is 3. The second kappa shape index (κ2) is 8.78. The Morgan fingerprint density at radius 3 is 2.69 bits per heavy atom. The summed E-state index contributed by atoms with van der Waals surface area (Å²) in [6, 6.07) is 15.2. The Kier molecular flexibility index (Phi) is 5.70. The van der Waals surface area contributed by atoms with Gasteiger partial charge in [-0.3, -0.25) is 0 Å². The van der Waals surface area contributed by atoms with Crippen LogP contribution in [0.4, 0.5) is 10.1 Å². The lowest BCUT2D eigenvalue weighted by molar-refractivity contribution is 0.313. The van der Waals surface area contributed by atoms with Gasteiger partial charge in [0.25, 0.3) is 0 Å². The standard InChI is InChI=1S/C24H25FN6S/c1-2-16-7-12-22-17(13-16)14-18(23-27-28-29-31(22)23)15-30(21-5-3-4-6-21)24(32)26-20-10-8-19(25)9-11-20/h7-14,21H,2-6,15H2,1H3,(H,26,32). The monoisotopic (exact) mass is 448 g/mol. The molecule has 0 spiro atoms. The summed E-state index contributed by atoms with van der Waals surface area (Å²) in [5.41, 5.74) is 4.82. The van der Waals surface area contributed by atoms with E-state index in [1.165, 1.54) is 30.5 Å². The first kappa shape index (κ1) is 20.8. The third kappa shape index (κ3) is 4.02. The Morgan fingerprint density at radius 1 is 1.16 bits per heavy atom. The molecule has 2 aromatic carbocycles. The Morgan fingerprint density at radius 2 is 1.94 bits per heavy atom. The van der Waals surface area contributed by atoms with Gasteiger partial charge in [-0.05, 0) is 89.9 Å². The minimum Gasteiger partial charge on any atom is -0.342 e. The van der Waals surface area contributed by atoms with Gasteiger partial charge in [0.15, 0.2) is 10.8 Å². The SMILES string of the molecule is CCc1ccc2c(c1)cc(CN(C(=S)Nc1ccc(F)cc1)C1CCCC1)c1nnnn12. The summed E-state index contributed by atoms with van der Waals surface area (Å²) >= 11 is 5.83. The molecule has 164 valence electrons. The number of hydrogen-bond acceptors (Lipinski definition) is 4. The van der Waals surface area contributed by atoms with E-state index in [1.807, 2.05) is 4.52 Å². The lowest BCUT2D eigenvalue weighted by Gasteiger charge is -2.32. The Hall–Kier alpha value is -3.13. The molecular formula is C24H25FN6S. The highest BCUT2D eigenvalue weighted by molar-refractivity contribution is 7.80. The van der Waals surface area contributed by atoms with Crippen molar-refractivity contribution in [2.45, 2.75) is 51.6 Å². The van der Waals surface area contributed by atoms with Gasteiger partial charge in [-0.15, -0.1) is 5.10 Å². The van der Waals surface area contributed by atoms with Crippen LogP contribution in [0.3, 0.4) is 0 Å². The Labute approximate surface area is 191 Å². The van der Waals surface area contributed by atoms with Crippen LogP contribution in [-0.2, 0) is 13.0 Å². The summed E-state index contributed by atoms with van der Waals surface area (Å²) in [5, 5.41) is 17.5. The largest absolute Gasteiger partial charge is 0.342 e. The molecule has 1 aliphatic rings. The molecule has 0 radical (unpaired) electrons. The molecule has 5 rings (SSSR count). The average Bonchev–Trinajstić information content (AvgIpc) is 3.51. The third-order valence-electron chi connectivity index (χ3n) is 6.28. The maximum absolute atomic E-state index is 13.3. The molecule has 1 N–H and O–H groups in total. The molecule has 2 heterocycles. The zero-order valence-electron chi connectivity index (χ0n) is 18.0. The van der Waals surface area contributed by atoms with Crippen LogP contribution in [0.5, 0.6) is 0 Å². The highest BCUT2D eigenvalue weighted by Crippen LogP contribution is 2.28. The van der Waals surface area contributed by atoms with Crippen molar-refractivity contribution >= 4 is 39.6 Å². The molecule has 1 fully saturated rings. The predicted molar refractivity (Wildman–Crippen MR) is 128 cm³/mol. The van der Waals surface area contributed by atoms with E-state index in [0.717, 1.165) is 47.1 Å². The first-order valence-electron chi connectivity index (χ1n) is 11.1. The molecule has 1 saturated carbocycles. The first-order valence-corrected chi connectivity index (χ1v) is 11.5. The molecule has 2 aromatic heterocycles. The maximum Gasteiger partial charge on any atom is 0.184 e. The van der Waals surface area contributed by atoms with Crippen LogP contribution < -0.4 is 5.32 Å². The van der Waals surface area contributed by atoms with Crippen LogP contribution in [0, 0.1) is 5.82 Å². The quantitative estimate of drug-likeness (QED) is 0.428. The van der Waals surface area contributed by atoms with E-state index in [-0.39, 0.29) is 5.82 Å². The topological polar surface area (TPSA) is 58.3 Å². The number of aryl methyl sites for hydroxylation is 1. The summed E-state index contributed by atoms with van der Waals surface area (Å²) in [5.74, 6) is -0.265. The number of thiocarbonyl (C=S) groups is 1. The van der Waals surface area contributed by atoms with Crippen LogP contribution in [0.2, 0.25) is 0 Å². The van der Waals surface area contributed by atoms with Gasteiger partial charge in [0.1, 0.15) is 5.82 Å². The van der Waals surface area contributed by atoms with E-state index in [0.29, 0.717) is 17.7 Å². The van der Waals surface area contributed by atoms with Crippen molar-refractivity contribution in [3.8, 4) is 0 Å². The molecule has 0 bridgehead atoms. The van der Waals surface area contributed by atoms with Crippen LogP contribution in [0.15, 0.2) is 48.5 Å². The maximum atomic E-state index is 13.3. The molecule has 0 atom stereocenters. The molecule has 4 aromatic rings. The van der Waals surface area contributed by atoms with Crippen molar-refractivity contribution in [1.82, 2.24) is 24.9 Å². The van der Waals surface area contributed by atoms with E-state index in [9.17, 15) is 4.39 Å². The van der Waals surface area contributed by atoms with Crippen molar-refractivity contribution in [2.24, 2.45) is 0 Å². The molecule has 0 aliphatic heterocycles. The molecule has 0 amide bonds. The number of rotatable bonds is 5. The third-order valence-corrected chi connectivity index (χ3v) is 6.61. The van der Waals surface area contributed by atoms with E-state index in [4.69, 9.17) is 12.2 Å². The molecule has 8 heteroatoms. The van der Waals surface area contributed by atoms with Gasteiger partial charge in [-0.2, -0.15) is 4.52 Å². The molecule has 6 nitrogen and oxygen atoms in total. The number of benzene rings is 2. The number of hydrogen-bond donors (Lipinski definition) is 1. The first-order chi connectivity index (χ1) is 15.6. The normalized spacial score (nSPS) is 14.3. The number of halogens is 1. The number of anilines is 1. The summed E-state index contributed by atoms with van der Waals surface area (Å²) in [6.45, 7) is 2.76. The number of aromatic nitrogens is 4. The van der Waals surface area contributed by atoms with Gasteiger partial charge in [-0.25, -0.2) is 4.39 Å². The van der Waals surface area contributed by atoms with Gasteiger partial charge in [-0.1, -0.05) is 25.8 Å². The second-order valence-electron chi connectivity index (χ2n) is 8.33. The number of nitrogens with zero attached hydrogens (tertiary/aromatic N) is 5. The fraction of sp³-hybridized carbons (Fsp3) is 0.333. The van der Waals surface area contributed by atoms with Crippen LogP contribution in [0.25, 0.3) is 16.6 Å². The number of tetrazole rings is 1. The highest BCUT2D eigenvalue weighted by atomic mass is 32.1. The van der Waals surface area contributed by atoms with Crippen molar-refractivity contribution in [1.29, 1.82) is 0 Å². The molecule has 0 unspecified atom stereocenters. The molecule has 32 heavy (non-hydrogen) atoms. The van der Waals surface area contributed by atoms with Crippen LogP contribution >= 0.6 is 12.2 Å². The molecule has 0 saturated heterocycles. The van der Waals surface area contributed by atoms with Gasteiger partial charge in [0, 0.05) is 29.2 Å². The van der Waals surface area contributed by atoms with Crippen LogP contribution in [0.1, 0.15) is 43.7 Å². The lowest BCUT2D eigenvalue weighted by atomic mass is 10.1. The Bertz CT molecular complexity index is 1260. The van der Waals surface area contributed by atoms with E-state index < -0.39 is 0 Å². The highest BCUT2D eigenvalue weighted by Gasteiger charge is 2.26. The predicted octanol–water partition coefficient (Wildman–Crippen LogP) is 5.12. The number of pyridine rings is 1. The molecular weight excluding hydrogens is 423 g/mol. The lowest BCUT2D eigenvalue weighted by Crippen LogP contribution is -2.41. The summed E-state index contributed by atoms with van der Waals surface area (Å²) in [6.07, 6.45) is 5.55. The zero-order chi connectivity index (χ0) is 22.1. The van der Waals surface area contributed by atoms with Crippen LogP contribution in [-0.4, -0.2) is 36.1 Å². The van der Waals surface area contributed by atoms with Crippen molar-refractivity contribution in [3.63, 3.8) is 0 Å². The van der Waals surface area contributed by atoms with Gasteiger partial charge in [0.2, 0.25) is 0 Å². The van der Waals surface area contributed by atoms with Gasteiger partial charge in [0.05, 0.1) is 5.52 Å². The number of nitrogens with one attached hydrogen (secondary N) is 1. The Balaban J connectivity index is 1.51. The summed E-state index contributed by atoms with van der Waals surface area (Å²) < 4.78 is 15.1. The minimum absolute atomic E-state index is 0.265. The van der Waals surface area contributed by atoms with Gasteiger partial charge < -0.3 is 10.2 Å². The minimum atomic E-state index is -0.265. The van der Waals surface area contributed by atoms with Crippen molar-refractivity contribution in [3.05, 3.63) is 65.5 Å². The van der Waals surface area contributed by atoms with E-state index >= 15 is 0 Å². The van der Waals surface area contributed by atoms with Gasteiger partial charge >= 0.3 is 0 Å². The fourth-order valence-corrected chi connectivity index (χ4v) is 4.88. The summed E-state index contributed by atoms with van der Waals surface area (Å²) in [7, 11) is 0. The van der Waals surface area contributed by atoms with E-state index in [2.05, 4.69) is 56.9 Å². The fourth-order valence-electron chi connectivity index (χ4n) is 4.55. The average molecular weight is 449 g/mol. The smallest absolute Gasteiger partial charge is 0.184 e. The van der Waals surface area contributed by atoms with Crippen molar-refractivity contribution < 1.29 is 4.39 Å². The second-order valence-corrected chi connectivity index (χ2v) is 8.72. The molecule has 1 aliphatic carbocycles. The zero-order valence-corrected chi connectivity index (χ0v) is 18.8. The van der Waals surface area contributed by atoms with Crippen molar-refractivity contribution in [2.75, 3.05) is 5.32 Å².